The lowest BCUT2D eigenvalue weighted by Crippen LogP contribution is -2.23. The molecule has 0 saturated carbocycles. The van der Waals surface area contributed by atoms with E-state index in [4.69, 9.17) is 4.98 Å². The van der Waals surface area contributed by atoms with Crippen LogP contribution in [-0.4, -0.2) is 20.4 Å². The average molecular weight is 556 g/mol. The van der Waals surface area contributed by atoms with Gasteiger partial charge in [0.25, 0.3) is 5.56 Å². The van der Waals surface area contributed by atoms with Gasteiger partial charge in [0.2, 0.25) is 0 Å². The average Bonchev–Trinajstić information content (AvgIpc) is 3.05. The van der Waals surface area contributed by atoms with Gasteiger partial charge in [0, 0.05) is 37.5 Å². The Labute approximate surface area is 204 Å². The van der Waals surface area contributed by atoms with Crippen molar-refractivity contribution in [2.75, 3.05) is 0 Å². The molecule has 2 aromatic carbocycles. The topological polar surface area (TPSA) is 52.2 Å². The SMILES string of the molecule is CC[C@H](C)c1nc2ccc(Br)cc2c(=O)n1N=Cc1cc(C)n(-c2cccc(Br)c2)c1C. The normalized spacial score (nSPS) is 12.7. The zero-order chi connectivity index (χ0) is 23.0. The summed E-state index contributed by atoms with van der Waals surface area (Å²) in [6, 6.07) is 15.8. The summed E-state index contributed by atoms with van der Waals surface area (Å²) in [5, 5.41) is 5.17. The Hall–Kier alpha value is -2.51. The summed E-state index contributed by atoms with van der Waals surface area (Å²) in [5.74, 6) is 0.770. The molecule has 0 aliphatic rings. The first-order chi connectivity index (χ1) is 15.3. The van der Waals surface area contributed by atoms with Crippen molar-refractivity contribution >= 4 is 49.0 Å². The second-order valence-corrected chi connectivity index (χ2v) is 9.78. The lowest BCUT2D eigenvalue weighted by Gasteiger charge is -2.14. The van der Waals surface area contributed by atoms with Crippen LogP contribution in [0.1, 0.15) is 49.0 Å². The maximum Gasteiger partial charge on any atom is 0.282 e. The standard InChI is InChI=1S/C25H24Br2N4O/c1-5-15(2)24-29-23-10-9-20(27)13-22(23)25(32)31(24)28-14-18-11-16(3)30(17(18)4)21-8-6-7-19(26)12-21/h6-15H,5H2,1-4H3/t15-/m0/s1. The summed E-state index contributed by atoms with van der Waals surface area (Å²) in [6.07, 6.45) is 2.62. The lowest BCUT2D eigenvalue weighted by atomic mass is 10.1. The fourth-order valence-electron chi connectivity index (χ4n) is 3.83. The monoisotopic (exact) mass is 554 g/mol. The fraction of sp³-hybridized carbons (Fsp3) is 0.240. The minimum absolute atomic E-state index is 0.0991. The number of rotatable bonds is 5. The van der Waals surface area contributed by atoms with Gasteiger partial charge in [-0.15, -0.1) is 0 Å². The maximum atomic E-state index is 13.3. The molecule has 0 fully saturated rings. The van der Waals surface area contributed by atoms with E-state index in [0.29, 0.717) is 16.7 Å². The number of benzene rings is 2. The van der Waals surface area contributed by atoms with E-state index in [1.54, 1.807) is 12.3 Å². The van der Waals surface area contributed by atoms with Crippen molar-refractivity contribution in [1.82, 2.24) is 14.2 Å². The van der Waals surface area contributed by atoms with Crippen LogP contribution in [0.2, 0.25) is 0 Å². The van der Waals surface area contributed by atoms with Gasteiger partial charge in [0.05, 0.1) is 17.1 Å². The molecular formula is C25H24Br2N4O. The molecule has 0 bridgehead atoms. The fourth-order valence-corrected chi connectivity index (χ4v) is 4.58. The van der Waals surface area contributed by atoms with E-state index in [9.17, 15) is 4.79 Å². The van der Waals surface area contributed by atoms with E-state index in [1.807, 2.05) is 24.3 Å². The summed E-state index contributed by atoms with van der Waals surface area (Å²) in [6.45, 7) is 8.28. The number of hydrogen-bond acceptors (Lipinski definition) is 3. The molecule has 5 nitrogen and oxygen atoms in total. The van der Waals surface area contributed by atoms with Crippen LogP contribution in [0.4, 0.5) is 0 Å². The van der Waals surface area contributed by atoms with Crippen molar-refractivity contribution in [2.45, 2.75) is 40.0 Å². The molecule has 0 amide bonds. The predicted octanol–water partition coefficient (Wildman–Crippen LogP) is 6.72. The van der Waals surface area contributed by atoms with E-state index in [-0.39, 0.29) is 11.5 Å². The molecule has 2 heterocycles. The number of fused-ring (bicyclic) bond motifs is 1. The van der Waals surface area contributed by atoms with Crippen molar-refractivity contribution in [3.8, 4) is 5.69 Å². The summed E-state index contributed by atoms with van der Waals surface area (Å²) in [4.78, 5) is 18.1. The van der Waals surface area contributed by atoms with Crippen molar-refractivity contribution in [3.05, 3.63) is 90.6 Å². The van der Waals surface area contributed by atoms with Crippen molar-refractivity contribution < 1.29 is 0 Å². The first-order valence-corrected chi connectivity index (χ1v) is 12.1. The van der Waals surface area contributed by atoms with E-state index in [1.165, 1.54) is 4.68 Å². The summed E-state index contributed by atoms with van der Waals surface area (Å²) in [7, 11) is 0. The third kappa shape index (κ3) is 4.24. The van der Waals surface area contributed by atoms with E-state index >= 15 is 0 Å². The number of hydrogen-bond donors (Lipinski definition) is 0. The molecule has 0 N–H and O–H groups in total. The van der Waals surface area contributed by atoms with E-state index in [0.717, 1.165) is 38.0 Å². The van der Waals surface area contributed by atoms with Gasteiger partial charge < -0.3 is 4.57 Å². The van der Waals surface area contributed by atoms with Crippen LogP contribution < -0.4 is 5.56 Å². The number of nitrogens with zero attached hydrogens (tertiary/aromatic N) is 4. The summed E-state index contributed by atoms with van der Waals surface area (Å²) in [5.41, 5.74) is 4.70. The van der Waals surface area contributed by atoms with Crippen molar-refractivity contribution in [1.29, 1.82) is 0 Å². The van der Waals surface area contributed by atoms with Crippen LogP contribution in [-0.2, 0) is 0 Å². The number of aromatic nitrogens is 3. The smallest absolute Gasteiger partial charge is 0.282 e. The van der Waals surface area contributed by atoms with Crippen LogP contribution in [0.5, 0.6) is 0 Å². The van der Waals surface area contributed by atoms with Gasteiger partial charge in [-0.2, -0.15) is 9.78 Å². The molecule has 4 aromatic rings. The molecule has 4 rings (SSSR count). The zero-order valence-electron chi connectivity index (χ0n) is 18.4. The summed E-state index contributed by atoms with van der Waals surface area (Å²) < 4.78 is 5.50. The van der Waals surface area contributed by atoms with Crippen molar-refractivity contribution in [2.24, 2.45) is 5.10 Å². The molecular weight excluding hydrogens is 532 g/mol. The Bertz CT molecular complexity index is 1400. The highest BCUT2D eigenvalue weighted by Crippen LogP contribution is 2.23. The van der Waals surface area contributed by atoms with Crippen LogP contribution in [0.3, 0.4) is 0 Å². The number of halogens is 2. The highest BCUT2D eigenvalue weighted by atomic mass is 79.9. The van der Waals surface area contributed by atoms with Gasteiger partial charge in [-0.25, -0.2) is 4.98 Å². The van der Waals surface area contributed by atoms with E-state index in [2.05, 4.69) is 87.4 Å². The van der Waals surface area contributed by atoms with Gasteiger partial charge in [-0.05, 0) is 62.7 Å². The summed E-state index contributed by atoms with van der Waals surface area (Å²) >= 11 is 7.00. The molecule has 1 atom stereocenters. The highest BCUT2D eigenvalue weighted by molar-refractivity contribution is 9.10. The lowest BCUT2D eigenvalue weighted by molar-refractivity contribution is 0.613. The second kappa shape index (κ2) is 9.16. The third-order valence-corrected chi connectivity index (χ3v) is 6.72. The van der Waals surface area contributed by atoms with Crippen LogP contribution in [0.25, 0.3) is 16.6 Å². The maximum absolute atomic E-state index is 13.3. The van der Waals surface area contributed by atoms with Crippen molar-refractivity contribution in [3.63, 3.8) is 0 Å². The Balaban J connectivity index is 1.85. The van der Waals surface area contributed by atoms with E-state index < -0.39 is 0 Å². The van der Waals surface area contributed by atoms with Gasteiger partial charge in [0.1, 0.15) is 5.82 Å². The first kappa shape index (κ1) is 22.7. The minimum atomic E-state index is -0.163. The predicted molar refractivity (Wildman–Crippen MR) is 138 cm³/mol. The zero-order valence-corrected chi connectivity index (χ0v) is 21.6. The van der Waals surface area contributed by atoms with Crippen LogP contribution in [0, 0.1) is 13.8 Å². The van der Waals surface area contributed by atoms with Crippen LogP contribution in [0.15, 0.2) is 67.4 Å². The van der Waals surface area contributed by atoms with Gasteiger partial charge in [0.15, 0.2) is 0 Å². The largest absolute Gasteiger partial charge is 0.318 e. The van der Waals surface area contributed by atoms with Gasteiger partial charge >= 0.3 is 0 Å². The Morgan fingerprint density at radius 3 is 2.56 bits per heavy atom. The molecule has 164 valence electrons. The molecule has 0 saturated heterocycles. The Morgan fingerprint density at radius 2 is 1.84 bits per heavy atom. The number of aryl methyl sites for hydroxylation is 1. The minimum Gasteiger partial charge on any atom is -0.318 e. The molecule has 0 spiro atoms. The quantitative estimate of drug-likeness (QED) is 0.256. The molecule has 0 aliphatic carbocycles. The van der Waals surface area contributed by atoms with Crippen LogP contribution >= 0.6 is 31.9 Å². The van der Waals surface area contributed by atoms with Gasteiger partial charge in [-0.1, -0.05) is 51.8 Å². The molecule has 0 aliphatic heterocycles. The third-order valence-electron chi connectivity index (χ3n) is 5.74. The molecule has 7 heteroatoms. The highest BCUT2D eigenvalue weighted by Gasteiger charge is 2.16. The Morgan fingerprint density at radius 1 is 1.09 bits per heavy atom. The molecule has 0 unspecified atom stereocenters. The Kier molecular flexibility index (Phi) is 6.49. The first-order valence-electron chi connectivity index (χ1n) is 10.5. The molecule has 2 aromatic heterocycles. The second-order valence-electron chi connectivity index (χ2n) is 7.94. The molecule has 32 heavy (non-hydrogen) atoms. The van der Waals surface area contributed by atoms with Gasteiger partial charge in [-0.3, -0.25) is 4.79 Å². The molecule has 0 radical (unpaired) electrons.